The van der Waals surface area contributed by atoms with Crippen molar-refractivity contribution < 1.29 is 19.4 Å². The van der Waals surface area contributed by atoms with Gasteiger partial charge in [0.05, 0.1) is 25.0 Å². The van der Waals surface area contributed by atoms with Gasteiger partial charge in [0, 0.05) is 0 Å². The smallest absolute Gasteiger partial charge is 0.336 e. The van der Waals surface area contributed by atoms with Crippen LogP contribution in [-0.2, 0) is 14.3 Å². The van der Waals surface area contributed by atoms with Crippen molar-refractivity contribution in [3.8, 4) is 0 Å². The molecule has 0 atom stereocenters. The summed E-state index contributed by atoms with van der Waals surface area (Å²) in [5.74, 6) is -0.339. The minimum atomic E-state index is -0.339. The molecule has 0 aromatic heterocycles. The summed E-state index contributed by atoms with van der Waals surface area (Å²) in [5.41, 5.74) is 0.431. The first-order chi connectivity index (χ1) is 10.7. The summed E-state index contributed by atoms with van der Waals surface area (Å²) in [5, 5.41) is 8.56. The highest BCUT2D eigenvalue weighted by atomic mass is 16.5. The van der Waals surface area contributed by atoms with Gasteiger partial charge in [0.15, 0.2) is 0 Å². The predicted molar refractivity (Wildman–Crippen MR) is 89.6 cm³/mol. The summed E-state index contributed by atoms with van der Waals surface area (Å²) in [6.07, 6.45) is 14.0. The second-order valence-electron chi connectivity index (χ2n) is 5.71. The summed E-state index contributed by atoms with van der Waals surface area (Å²) in [7, 11) is 0. The fourth-order valence-corrected chi connectivity index (χ4v) is 2.15. The Morgan fingerprint density at radius 1 is 0.909 bits per heavy atom. The highest BCUT2D eigenvalue weighted by Gasteiger charge is 2.05. The van der Waals surface area contributed by atoms with Crippen molar-refractivity contribution in [3.05, 3.63) is 11.8 Å². The maximum Gasteiger partial charge on any atom is 0.336 e. The van der Waals surface area contributed by atoms with Crippen molar-refractivity contribution in [1.82, 2.24) is 0 Å². The number of hydrogen-bond donors (Lipinski definition) is 1. The Labute approximate surface area is 135 Å². The van der Waals surface area contributed by atoms with Crippen LogP contribution < -0.4 is 0 Å². The highest BCUT2D eigenvalue weighted by Crippen LogP contribution is 2.10. The van der Waals surface area contributed by atoms with E-state index in [-0.39, 0.29) is 19.2 Å². The quantitative estimate of drug-likeness (QED) is 0.211. The van der Waals surface area contributed by atoms with E-state index in [1.54, 1.807) is 6.92 Å². The van der Waals surface area contributed by atoms with Crippen molar-refractivity contribution in [3.63, 3.8) is 0 Å². The molecule has 0 aromatic carbocycles. The second kappa shape index (κ2) is 16.3. The van der Waals surface area contributed by atoms with E-state index < -0.39 is 0 Å². The van der Waals surface area contributed by atoms with Gasteiger partial charge >= 0.3 is 5.97 Å². The summed E-state index contributed by atoms with van der Waals surface area (Å²) in [6, 6.07) is 0. The van der Waals surface area contributed by atoms with Crippen LogP contribution >= 0.6 is 0 Å². The normalized spacial score (nSPS) is 11.5. The minimum Gasteiger partial charge on any atom is -0.498 e. The molecule has 0 saturated heterocycles. The molecule has 22 heavy (non-hydrogen) atoms. The molecular weight excluding hydrogens is 280 g/mol. The molecule has 0 saturated carbocycles. The molecule has 4 heteroatoms. The van der Waals surface area contributed by atoms with Gasteiger partial charge in [0.1, 0.15) is 6.61 Å². The van der Waals surface area contributed by atoms with Crippen LogP contribution in [0.4, 0.5) is 0 Å². The third-order valence-corrected chi connectivity index (χ3v) is 3.52. The zero-order chi connectivity index (χ0) is 16.5. The van der Waals surface area contributed by atoms with Crippen molar-refractivity contribution in [1.29, 1.82) is 0 Å². The van der Waals surface area contributed by atoms with Gasteiger partial charge in [-0.3, -0.25) is 0 Å². The molecule has 0 aromatic rings. The Kier molecular flexibility index (Phi) is 15.6. The second-order valence-corrected chi connectivity index (χ2v) is 5.71. The molecule has 0 aliphatic carbocycles. The topological polar surface area (TPSA) is 55.8 Å². The van der Waals surface area contributed by atoms with Gasteiger partial charge in [-0.05, 0) is 13.3 Å². The Hall–Kier alpha value is -1.03. The molecule has 0 unspecified atom stereocenters. The van der Waals surface area contributed by atoms with Gasteiger partial charge in [-0.15, -0.1) is 0 Å². The minimum absolute atomic E-state index is 0.0581. The van der Waals surface area contributed by atoms with E-state index >= 15 is 0 Å². The van der Waals surface area contributed by atoms with E-state index in [4.69, 9.17) is 14.6 Å². The number of aliphatic hydroxyl groups excluding tert-OH is 1. The molecule has 0 amide bonds. The zero-order valence-corrected chi connectivity index (χ0v) is 14.4. The van der Waals surface area contributed by atoms with Crippen LogP contribution in [0.3, 0.4) is 0 Å². The fraction of sp³-hybridized carbons (Fsp3) is 0.833. The molecule has 130 valence electrons. The Morgan fingerprint density at radius 3 is 2.00 bits per heavy atom. The first-order valence-corrected chi connectivity index (χ1v) is 8.78. The molecule has 0 aliphatic heterocycles. The van der Waals surface area contributed by atoms with Crippen molar-refractivity contribution >= 4 is 5.97 Å². The number of carbonyl (C=O) groups excluding carboxylic acids is 1. The van der Waals surface area contributed by atoms with Gasteiger partial charge in [-0.25, -0.2) is 4.79 Å². The monoisotopic (exact) mass is 314 g/mol. The van der Waals surface area contributed by atoms with Gasteiger partial charge in [0.2, 0.25) is 0 Å². The molecule has 1 N–H and O–H groups in total. The van der Waals surface area contributed by atoms with Crippen LogP contribution in [0.1, 0.15) is 78.1 Å². The molecule has 0 bridgehead atoms. The molecule has 0 radical (unpaired) electrons. The lowest BCUT2D eigenvalue weighted by Crippen LogP contribution is -2.08. The number of esters is 1. The fourth-order valence-electron chi connectivity index (χ4n) is 2.15. The maximum absolute atomic E-state index is 11.6. The van der Waals surface area contributed by atoms with Crippen LogP contribution in [-0.4, -0.2) is 30.9 Å². The zero-order valence-electron chi connectivity index (χ0n) is 14.4. The summed E-state index contributed by atoms with van der Waals surface area (Å²) in [6.45, 7) is 4.51. The van der Waals surface area contributed by atoms with E-state index in [9.17, 15) is 4.79 Å². The lowest BCUT2D eigenvalue weighted by atomic mass is 10.1. The third-order valence-electron chi connectivity index (χ3n) is 3.52. The molecular formula is C18H34O4. The van der Waals surface area contributed by atoms with E-state index in [1.807, 2.05) is 0 Å². The first-order valence-electron chi connectivity index (χ1n) is 8.78. The number of unbranched alkanes of at least 4 members (excludes halogenated alkanes) is 9. The molecule has 0 fully saturated rings. The van der Waals surface area contributed by atoms with Crippen LogP contribution in [0.25, 0.3) is 0 Å². The van der Waals surface area contributed by atoms with Crippen molar-refractivity contribution in [2.24, 2.45) is 0 Å². The van der Waals surface area contributed by atoms with Crippen molar-refractivity contribution in [2.75, 3.05) is 19.8 Å². The number of rotatable bonds is 15. The molecule has 0 spiro atoms. The average molecular weight is 314 g/mol. The van der Waals surface area contributed by atoms with Crippen LogP contribution in [0.15, 0.2) is 11.8 Å². The lowest BCUT2D eigenvalue weighted by Gasteiger charge is -2.05. The predicted octanol–water partition coefficient (Wildman–Crippen LogP) is 4.36. The molecule has 0 heterocycles. The Bertz CT molecular complexity index is 287. The summed E-state index contributed by atoms with van der Waals surface area (Å²) in [4.78, 5) is 11.6. The lowest BCUT2D eigenvalue weighted by molar-refractivity contribution is -0.139. The number of aliphatic hydroxyl groups is 1. The van der Waals surface area contributed by atoms with Crippen LogP contribution in [0.2, 0.25) is 0 Å². The largest absolute Gasteiger partial charge is 0.498 e. The highest BCUT2D eigenvalue weighted by molar-refractivity contribution is 5.87. The first kappa shape index (κ1) is 21.0. The summed E-state index contributed by atoms with van der Waals surface area (Å²) < 4.78 is 10.1. The number of ether oxygens (including phenoxy) is 2. The Balaban J connectivity index is 3.35. The van der Waals surface area contributed by atoms with Crippen molar-refractivity contribution in [2.45, 2.75) is 78.1 Å². The SMILES string of the molecule is CCCCCCCCCCCCOC(=O)C(C)=COCCO. The summed E-state index contributed by atoms with van der Waals surface area (Å²) >= 11 is 0. The van der Waals surface area contributed by atoms with Gasteiger partial charge in [-0.1, -0.05) is 64.7 Å². The van der Waals surface area contributed by atoms with Gasteiger partial charge < -0.3 is 14.6 Å². The van der Waals surface area contributed by atoms with Gasteiger partial charge in [-0.2, -0.15) is 0 Å². The average Bonchev–Trinajstić information content (AvgIpc) is 2.52. The number of carbonyl (C=O) groups is 1. The standard InChI is InChI=1S/C18H34O4/c1-3-4-5-6-7-8-9-10-11-12-14-22-18(20)17(2)16-21-15-13-19/h16,19H,3-15H2,1-2H3. The van der Waals surface area contributed by atoms with Crippen LogP contribution in [0, 0.1) is 0 Å². The van der Waals surface area contributed by atoms with E-state index in [1.165, 1.54) is 57.6 Å². The van der Waals surface area contributed by atoms with Gasteiger partial charge in [0.25, 0.3) is 0 Å². The Morgan fingerprint density at radius 2 is 1.45 bits per heavy atom. The van der Waals surface area contributed by atoms with E-state index in [0.29, 0.717) is 12.2 Å². The van der Waals surface area contributed by atoms with Crippen LogP contribution in [0.5, 0.6) is 0 Å². The third kappa shape index (κ3) is 13.9. The molecule has 0 rings (SSSR count). The molecule has 4 nitrogen and oxygen atoms in total. The molecule has 0 aliphatic rings. The van der Waals surface area contributed by atoms with E-state index in [0.717, 1.165) is 12.8 Å². The number of hydrogen-bond acceptors (Lipinski definition) is 4. The maximum atomic E-state index is 11.6. The van der Waals surface area contributed by atoms with E-state index in [2.05, 4.69) is 6.92 Å².